The largest absolute Gasteiger partial charge is 0.385 e. The van der Waals surface area contributed by atoms with Crippen molar-refractivity contribution in [1.82, 2.24) is 5.32 Å². The average Bonchev–Trinajstić information content (AvgIpc) is 1.79. The van der Waals surface area contributed by atoms with Gasteiger partial charge in [-0.1, -0.05) is 0 Å². The Labute approximate surface area is 55.0 Å². The number of ether oxygens (including phenoxy) is 1. The van der Waals surface area contributed by atoms with Crippen molar-refractivity contribution in [2.45, 2.75) is 12.0 Å². The Morgan fingerprint density at radius 2 is 2.33 bits per heavy atom. The van der Waals surface area contributed by atoms with Crippen molar-refractivity contribution in [3.63, 3.8) is 0 Å². The zero-order chi connectivity index (χ0) is 6.74. The van der Waals surface area contributed by atoms with Crippen molar-refractivity contribution >= 4 is 0 Å². The predicted molar refractivity (Wildman–Crippen MR) is 34.3 cm³/mol. The molecule has 1 aliphatic rings. The van der Waals surface area contributed by atoms with Crippen LogP contribution >= 0.6 is 0 Å². The zero-order valence-corrected chi connectivity index (χ0v) is 5.68. The van der Waals surface area contributed by atoms with Crippen LogP contribution in [0.4, 0.5) is 0 Å². The van der Waals surface area contributed by atoms with Gasteiger partial charge in [-0.2, -0.15) is 0 Å². The Balaban J connectivity index is 2.09. The van der Waals surface area contributed by atoms with Crippen molar-refractivity contribution < 1.29 is 9.84 Å². The van der Waals surface area contributed by atoms with E-state index in [-0.39, 0.29) is 0 Å². The molecule has 0 radical (unpaired) electrons. The van der Waals surface area contributed by atoms with E-state index in [2.05, 4.69) is 5.32 Å². The standard InChI is InChI=1S/C6H13NO2/c1-7-3-2-6(8)4-9-5-6/h7-8H,2-5H2,1H3. The van der Waals surface area contributed by atoms with Gasteiger partial charge in [0.15, 0.2) is 0 Å². The minimum Gasteiger partial charge on any atom is -0.385 e. The maximum atomic E-state index is 9.38. The predicted octanol–water partition coefficient (Wildman–Crippen LogP) is -0.643. The van der Waals surface area contributed by atoms with E-state index >= 15 is 0 Å². The fraction of sp³-hybridized carbons (Fsp3) is 1.00. The normalized spacial score (nSPS) is 23.3. The van der Waals surface area contributed by atoms with E-state index in [4.69, 9.17) is 4.74 Å². The van der Waals surface area contributed by atoms with Crippen LogP contribution < -0.4 is 5.32 Å². The molecular formula is C6H13NO2. The third-order valence-corrected chi connectivity index (χ3v) is 1.58. The Morgan fingerprint density at radius 1 is 1.67 bits per heavy atom. The highest BCUT2D eigenvalue weighted by Crippen LogP contribution is 2.19. The third-order valence-electron chi connectivity index (χ3n) is 1.58. The first-order valence-electron chi connectivity index (χ1n) is 3.22. The van der Waals surface area contributed by atoms with Crippen molar-refractivity contribution in [3.8, 4) is 0 Å². The summed E-state index contributed by atoms with van der Waals surface area (Å²) in [7, 11) is 1.88. The van der Waals surface area contributed by atoms with Gasteiger partial charge in [0, 0.05) is 0 Å². The van der Waals surface area contributed by atoms with Gasteiger partial charge in [-0.15, -0.1) is 0 Å². The molecule has 1 fully saturated rings. The van der Waals surface area contributed by atoms with Crippen LogP contribution in [0, 0.1) is 0 Å². The molecule has 2 N–H and O–H groups in total. The number of rotatable bonds is 3. The van der Waals surface area contributed by atoms with Gasteiger partial charge in [0.25, 0.3) is 0 Å². The van der Waals surface area contributed by atoms with E-state index < -0.39 is 5.60 Å². The maximum absolute atomic E-state index is 9.38. The Bertz CT molecular complexity index is 91.1. The summed E-state index contributed by atoms with van der Waals surface area (Å²) in [6.07, 6.45) is 0.795. The summed E-state index contributed by atoms with van der Waals surface area (Å²) in [5.74, 6) is 0. The molecule has 1 saturated heterocycles. The van der Waals surface area contributed by atoms with Crippen LogP contribution in [0.2, 0.25) is 0 Å². The molecule has 0 saturated carbocycles. The summed E-state index contributed by atoms with van der Waals surface area (Å²) in [5, 5.41) is 12.4. The summed E-state index contributed by atoms with van der Waals surface area (Å²) < 4.78 is 4.86. The molecule has 0 aromatic rings. The molecule has 9 heavy (non-hydrogen) atoms. The molecule has 1 rings (SSSR count). The van der Waals surface area contributed by atoms with Gasteiger partial charge in [-0.05, 0) is 20.0 Å². The molecule has 0 aliphatic carbocycles. The minimum absolute atomic E-state index is 0.509. The van der Waals surface area contributed by atoms with Crippen LogP contribution in [0.5, 0.6) is 0 Å². The van der Waals surface area contributed by atoms with Crippen LogP contribution in [0.25, 0.3) is 0 Å². The molecule has 0 atom stereocenters. The zero-order valence-electron chi connectivity index (χ0n) is 5.68. The fourth-order valence-electron chi connectivity index (χ4n) is 0.840. The topological polar surface area (TPSA) is 41.5 Å². The lowest BCUT2D eigenvalue weighted by atomic mass is 9.98. The molecule has 0 aromatic heterocycles. The van der Waals surface area contributed by atoms with Gasteiger partial charge in [-0.25, -0.2) is 0 Å². The van der Waals surface area contributed by atoms with Gasteiger partial charge in [0.1, 0.15) is 5.60 Å². The molecule has 54 valence electrons. The number of hydrogen-bond donors (Lipinski definition) is 2. The summed E-state index contributed by atoms with van der Waals surface area (Å²) >= 11 is 0. The third kappa shape index (κ3) is 1.64. The molecule has 3 heteroatoms. The first-order valence-corrected chi connectivity index (χ1v) is 3.22. The van der Waals surface area contributed by atoms with E-state index in [1.807, 2.05) is 7.05 Å². The van der Waals surface area contributed by atoms with Gasteiger partial charge in [0.05, 0.1) is 13.2 Å². The van der Waals surface area contributed by atoms with Crippen molar-refractivity contribution in [2.24, 2.45) is 0 Å². The Hall–Kier alpha value is -0.120. The monoisotopic (exact) mass is 131 g/mol. The van der Waals surface area contributed by atoms with Crippen LogP contribution in [0.1, 0.15) is 6.42 Å². The van der Waals surface area contributed by atoms with Gasteiger partial charge >= 0.3 is 0 Å². The molecule has 0 aromatic carbocycles. The summed E-state index contributed by atoms with van der Waals surface area (Å²) in [4.78, 5) is 0. The molecule has 3 nitrogen and oxygen atoms in total. The van der Waals surface area contributed by atoms with Gasteiger partial charge < -0.3 is 15.2 Å². The summed E-state index contributed by atoms with van der Waals surface area (Å²) in [5.41, 5.74) is -0.511. The lowest BCUT2D eigenvalue weighted by Gasteiger charge is -2.36. The van der Waals surface area contributed by atoms with E-state index in [0.29, 0.717) is 13.2 Å². The maximum Gasteiger partial charge on any atom is 0.112 e. The number of hydrogen-bond acceptors (Lipinski definition) is 3. The first kappa shape index (κ1) is 6.99. The highest BCUT2D eigenvalue weighted by atomic mass is 16.5. The van der Waals surface area contributed by atoms with E-state index in [9.17, 15) is 5.11 Å². The molecule has 0 unspecified atom stereocenters. The second-order valence-corrected chi connectivity index (χ2v) is 2.57. The minimum atomic E-state index is -0.511. The van der Waals surface area contributed by atoms with Crippen LogP contribution in [0.3, 0.4) is 0 Å². The summed E-state index contributed by atoms with van der Waals surface area (Å²) in [6.45, 7) is 1.88. The highest BCUT2D eigenvalue weighted by Gasteiger charge is 2.34. The first-order chi connectivity index (χ1) is 4.27. The Morgan fingerprint density at radius 3 is 2.67 bits per heavy atom. The average molecular weight is 131 g/mol. The highest BCUT2D eigenvalue weighted by molar-refractivity contribution is 4.85. The lowest BCUT2D eigenvalue weighted by molar-refractivity contribution is -0.180. The van der Waals surface area contributed by atoms with Crippen LogP contribution in [-0.2, 0) is 4.74 Å². The van der Waals surface area contributed by atoms with Gasteiger partial charge in [-0.3, -0.25) is 0 Å². The molecule has 0 bridgehead atoms. The quantitative estimate of drug-likeness (QED) is 0.535. The Kier molecular flexibility index (Phi) is 2.05. The number of aliphatic hydroxyl groups is 1. The molecule has 0 amide bonds. The SMILES string of the molecule is CNCCC1(O)COC1. The van der Waals surface area contributed by atoms with E-state index in [1.165, 1.54) is 0 Å². The molecule has 1 aliphatic heterocycles. The van der Waals surface area contributed by atoms with Crippen molar-refractivity contribution in [1.29, 1.82) is 0 Å². The van der Waals surface area contributed by atoms with Gasteiger partial charge in [0.2, 0.25) is 0 Å². The molecule has 1 heterocycles. The number of nitrogens with one attached hydrogen (secondary N) is 1. The molecule has 0 spiro atoms. The second kappa shape index (κ2) is 2.64. The van der Waals surface area contributed by atoms with Crippen LogP contribution in [0.15, 0.2) is 0 Å². The smallest absolute Gasteiger partial charge is 0.112 e. The van der Waals surface area contributed by atoms with Crippen molar-refractivity contribution in [2.75, 3.05) is 26.8 Å². The lowest BCUT2D eigenvalue weighted by Crippen LogP contribution is -2.50. The van der Waals surface area contributed by atoms with Crippen molar-refractivity contribution in [3.05, 3.63) is 0 Å². The van der Waals surface area contributed by atoms with Crippen LogP contribution in [-0.4, -0.2) is 37.5 Å². The van der Waals surface area contributed by atoms with E-state index in [1.54, 1.807) is 0 Å². The molecular weight excluding hydrogens is 118 g/mol. The second-order valence-electron chi connectivity index (χ2n) is 2.57. The van der Waals surface area contributed by atoms with E-state index in [0.717, 1.165) is 13.0 Å². The fourth-order valence-corrected chi connectivity index (χ4v) is 0.840. The summed E-state index contributed by atoms with van der Waals surface area (Å²) in [6, 6.07) is 0.